The Morgan fingerprint density at radius 3 is 2.64 bits per heavy atom. The van der Waals surface area contributed by atoms with E-state index < -0.39 is 5.60 Å². The molecule has 0 bridgehead atoms. The minimum absolute atomic E-state index is 0.114. The summed E-state index contributed by atoms with van der Waals surface area (Å²) in [6.45, 7) is 8.61. The summed E-state index contributed by atoms with van der Waals surface area (Å²) in [5.74, 6) is 0.445. The van der Waals surface area contributed by atoms with Gasteiger partial charge < -0.3 is 19.5 Å². The van der Waals surface area contributed by atoms with Crippen molar-refractivity contribution in [3.63, 3.8) is 0 Å². The number of amides is 2. The number of ether oxygens (including phenoxy) is 1. The van der Waals surface area contributed by atoms with Gasteiger partial charge in [0.25, 0.3) is 0 Å². The van der Waals surface area contributed by atoms with Gasteiger partial charge in [-0.15, -0.1) is 0 Å². The lowest BCUT2D eigenvalue weighted by Gasteiger charge is -2.33. The highest BCUT2D eigenvalue weighted by Crippen LogP contribution is 2.27. The van der Waals surface area contributed by atoms with Crippen LogP contribution < -0.4 is 5.32 Å². The van der Waals surface area contributed by atoms with Crippen molar-refractivity contribution in [2.75, 3.05) is 18.4 Å². The molecule has 1 saturated heterocycles. The van der Waals surface area contributed by atoms with Crippen LogP contribution >= 0.6 is 0 Å². The first-order valence-electron chi connectivity index (χ1n) is 9.85. The Morgan fingerprint density at radius 2 is 2.00 bits per heavy atom. The fraction of sp³-hybridized carbons (Fsp3) is 0.571. The molecule has 0 aliphatic carbocycles. The summed E-state index contributed by atoms with van der Waals surface area (Å²) < 4.78 is 10.9. The molecule has 2 amide bonds. The Bertz CT molecular complexity index is 845. The van der Waals surface area contributed by atoms with Crippen molar-refractivity contribution in [1.82, 2.24) is 10.1 Å². The summed E-state index contributed by atoms with van der Waals surface area (Å²) in [6.07, 6.45) is 3.58. The van der Waals surface area contributed by atoms with Gasteiger partial charge in [0.15, 0.2) is 5.58 Å². The maximum Gasteiger partial charge on any atom is 0.410 e. The summed E-state index contributed by atoms with van der Waals surface area (Å²) >= 11 is 0. The van der Waals surface area contributed by atoms with E-state index in [0.29, 0.717) is 17.2 Å². The zero-order valence-electron chi connectivity index (χ0n) is 17.1. The lowest BCUT2D eigenvalue weighted by molar-refractivity contribution is -0.114. The zero-order chi connectivity index (χ0) is 20.3. The van der Waals surface area contributed by atoms with Gasteiger partial charge in [0.05, 0.1) is 5.69 Å². The number of likely N-dealkylation sites (tertiary alicyclic amines) is 1. The van der Waals surface area contributed by atoms with Crippen LogP contribution in [0.25, 0.3) is 11.0 Å². The summed E-state index contributed by atoms with van der Waals surface area (Å²) in [5.41, 5.74) is 1.87. The second kappa shape index (κ2) is 8.20. The monoisotopic (exact) mass is 387 g/mol. The van der Waals surface area contributed by atoms with E-state index in [-0.39, 0.29) is 12.0 Å². The number of nitrogens with one attached hydrogen (secondary N) is 1. The summed E-state index contributed by atoms with van der Waals surface area (Å²) in [4.78, 5) is 25.1. The molecule has 7 heteroatoms. The number of fused-ring (bicyclic) bond motifs is 1. The van der Waals surface area contributed by atoms with E-state index in [9.17, 15) is 9.59 Å². The van der Waals surface area contributed by atoms with E-state index in [2.05, 4.69) is 10.5 Å². The van der Waals surface area contributed by atoms with Crippen molar-refractivity contribution in [3.8, 4) is 0 Å². The first-order chi connectivity index (χ1) is 13.2. The predicted octanol–water partition coefficient (Wildman–Crippen LogP) is 4.37. The number of anilines is 1. The molecule has 1 fully saturated rings. The molecule has 1 aliphatic heterocycles. The molecule has 3 rings (SSSR count). The van der Waals surface area contributed by atoms with Gasteiger partial charge >= 0.3 is 6.09 Å². The van der Waals surface area contributed by atoms with E-state index in [1.165, 1.54) is 6.92 Å². The SMILES string of the molecule is CC(=O)Nc1ccc2c(CCC3CCN(C(=O)OC(C)(C)C)CC3)noc2c1. The number of carbonyl (C=O) groups excluding carboxylic acids is 2. The second-order valence-electron chi connectivity index (χ2n) is 8.47. The number of hydrogen-bond donors (Lipinski definition) is 1. The third-order valence-electron chi connectivity index (χ3n) is 4.92. The van der Waals surface area contributed by atoms with Crippen LogP contribution in [0.5, 0.6) is 0 Å². The van der Waals surface area contributed by atoms with Gasteiger partial charge in [0, 0.05) is 37.2 Å². The molecule has 0 unspecified atom stereocenters. The van der Waals surface area contributed by atoms with Gasteiger partial charge in [-0.3, -0.25) is 4.79 Å². The van der Waals surface area contributed by atoms with E-state index in [0.717, 1.165) is 49.9 Å². The Morgan fingerprint density at radius 1 is 1.29 bits per heavy atom. The van der Waals surface area contributed by atoms with E-state index in [1.807, 2.05) is 32.9 Å². The Labute approximate surface area is 165 Å². The lowest BCUT2D eigenvalue weighted by atomic mass is 9.91. The molecule has 28 heavy (non-hydrogen) atoms. The topological polar surface area (TPSA) is 84.7 Å². The Kier molecular flexibility index (Phi) is 5.91. The molecule has 2 aromatic rings. The number of rotatable bonds is 4. The fourth-order valence-electron chi connectivity index (χ4n) is 3.52. The number of nitrogens with zero attached hydrogens (tertiary/aromatic N) is 2. The number of piperidine rings is 1. The number of aryl methyl sites for hydroxylation is 1. The van der Waals surface area contributed by atoms with Gasteiger partial charge in [-0.05, 0) is 64.5 Å². The molecule has 0 radical (unpaired) electrons. The Balaban J connectivity index is 1.51. The molecule has 1 aromatic carbocycles. The minimum atomic E-state index is -0.457. The highest BCUT2D eigenvalue weighted by atomic mass is 16.6. The van der Waals surface area contributed by atoms with Crippen LogP contribution in [0.1, 0.15) is 52.7 Å². The first-order valence-corrected chi connectivity index (χ1v) is 9.85. The van der Waals surface area contributed by atoms with Gasteiger partial charge in [0.1, 0.15) is 5.60 Å². The fourth-order valence-corrected chi connectivity index (χ4v) is 3.52. The lowest BCUT2D eigenvalue weighted by Crippen LogP contribution is -2.41. The van der Waals surface area contributed by atoms with E-state index in [1.54, 1.807) is 11.0 Å². The summed E-state index contributed by atoms with van der Waals surface area (Å²) in [7, 11) is 0. The quantitative estimate of drug-likeness (QED) is 0.842. The van der Waals surface area contributed by atoms with Crippen LogP contribution in [-0.4, -0.2) is 40.7 Å². The van der Waals surface area contributed by atoms with Crippen molar-refractivity contribution in [2.45, 2.75) is 59.0 Å². The molecule has 2 heterocycles. The Hall–Kier alpha value is -2.57. The van der Waals surface area contributed by atoms with Crippen molar-refractivity contribution < 1.29 is 18.8 Å². The average Bonchev–Trinajstić information content (AvgIpc) is 3.00. The average molecular weight is 387 g/mol. The largest absolute Gasteiger partial charge is 0.444 e. The van der Waals surface area contributed by atoms with Crippen molar-refractivity contribution in [3.05, 3.63) is 23.9 Å². The van der Waals surface area contributed by atoms with Crippen LogP contribution in [0, 0.1) is 5.92 Å². The van der Waals surface area contributed by atoms with E-state index >= 15 is 0 Å². The zero-order valence-corrected chi connectivity index (χ0v) is 17.1. The van der Waals surface area contributed by atoms with Gasteiger partial charge in [-0.1, -0.05) is 5.16 Å². The molecule has 152 valence electrons. The highest BCUT2D eigenvalue weighted by molar-refractivity contribution is 5.92. The van der Waals surface area contributed by atoms with Crippen molar-refractivity contribution in [1.29, 1.82) is 0 Å². The third-order valence-corrected chi connectivity index (χ3v) is 4.92. The predicted molar refractivity (Wildman–Crippen MR) is 107 cm³/mol. The molecule has 0 spiro atoms. The van der Waals surface area contributed by atoms with Crippen LogP contribution in [-0.2, 0) is 16.0 Å². The molecule has 1 aliphatic rings. The highest BCUT2D eigenvalue weighted by Gasteiger charge is 2.27. The smallest absolute Gasteiger partial charge is 0.410 e. The van der Waals surface area contributed by atoms with Crippen LogP contribution in [0.3, 0.4) is 0 Å². The van der Waals surface area contributed by atoms with Gasteiger partial charge in [0.2, 0.25) is 5.91 Å². The molecule has 0 saturated carbocycles. The molecular weight excluding hydrogens is 358 g/mol. The maximum atomic E-state index is 12.2. The number of carbonyl (C=O) groups is 2. The first kappa shape index (κ1) is 20.2. The van der Waals surface area contributed by atoms with Crippen LogP contribution in [0.15, 0.2) is 22.7 Å². The molecular formula is C21H29N3O4. The number of hydrogen-bond acceptors (Lipinski definition) is 5. The molecule has 1 aromatic heterocycles. The number of aromatic nitrogens is 1. The molecule has 0 atom stereocenters. The molecule has 7 nitrogen and oxygen atoms in total. The van der Waals surface area contributed by atoms with Gasteiger partial charge in [-0.2, -0.15) is 0 Å². The van der Waals surface area contributed by atoms with E-state index in [4.69, 9.17) is 9.26 Å². The normalized spacial score (nSPS) is 15.6. The van der Waals surface area contributed by atoms with Crippen LogP contribution in [0.4, 0.5) is 10.5 Å². The van der Waals surface area contributed by atoms with Gasteiger partial charge in [-0.25, -0.2) is 4.79 Å². The summed E-state index contributed by atoms with van der Waals surface area (Å²) in [5, 5.41) is 7.95. The summed E-state index contributed by atoms with van der Waals surface area (Å²) in [6, 6.07) is 5.61. The second-order valence-corrected chi connectivity index (χ2v) is 8.47. The standard InChI is InChI=1S/C21H29N3O4/c1-14(25)22-16-6-7-17-18(23-28-19(17)13-16)8-5-15-9-11-24(12-10-15)20(26)27-21(2,3)4/h6-7,13,15H,5,8-12H2,1-4H3,(H,22,25). The minimum Gasteiger partial charge on any atom is -0.444 e. The van der Waals surface area contributed by atoms with Crippen LogP contribution in [0.2, 0.25) is 0 Å². The maximum absolute atomic E-state index is 12.2. The van der Waals surface area contributed by atoms with Crippen molar-refractivity contribution >= 4 is 28.7 Å². The third kappa shape index (κ3) is 5.24. The number of benzene rings is 1. The van der Waals surface area contributed by atoms with Crippen molar-refractivity contribution in [2.24, 2.45) is 5.92 Å². The molecule has 1 N–H and O–H groups in total.